The van der Waals surface area contributed by atoms with E-state index in [9.17, 15) is 14.7 Å². The number of amides is 1. The first-order valence-electron chi connectivity index (χ1n) is 6.53. The van der Waals surface area contributed by atoms with Crippen LogP contribution in [-0.2, 0) is 9.59 Å². The topological polar surface area (TPSA) is 66.4 Å². The first kappa shape index (κ1) is 11.5. The standard InChI is InChI=1S/C14H17NO3/c16-13(15-10-3-1-2-4-10)11-8-5-6-9(7-8)12(11)14(17)18/h1-2,5-6,8-12H,3-4,7H2,(H,15,16)(H,17,18)/t8?,9?,11-,12+/m0/s1. The maximum Gasteiger partial charge on any atom is 0.307 e. The first-order valence-corrected chi connectivity index (χ1v) is 6.53. The molecule has 0 radical (unpaired) electrons. The van der Waals surface area contributed by atoms with Crippen LogP contribution in [0.4, 0.5) is 0 Å². The molecule has 4 nitrogen and oxygen atoms in total. The third-order valence-electron chi connectivity index (χ3n) is 4.40. The summed E-state index contributed by atoms with van der Waals surface area (Å²) in [7, 11) is 0. The molecule has 3 aliphatic rings. The average molecular weight is 247 g/mol. The lowest BCUT2D eigenvalue weighted by Gasteiger charge is -2.25. The van der Waals surface area contributed by atoms with Gasteiger partial charge < -0.3 is 10.4 Å². The molecular formula is C14H17NO3. The van der Waals surface area contributed by atoms with Crippen molar-refractivity contribution in [2.45, 2.75) is 25.3 Å². The minimum Gasteiger partial charge on any atom is -0.481 e. The Bertz CT molecular complexity index is 432. The van der Waals surface area contributed by atoms with E-state index in [2.05, 4.69) is 17.5 Å². The molecule has 2 bridgehead atoms. The zero-order chi connectivity index (χ0) is 12.7. The van der Waals surface area contributed by atoms with E-state index in [0.717, 1.165) is 19.3 Å². The van der Waals surface area contributed by atoms with Crippen LogP contribution in [0.2, 0.25) is 0 Å². The Labute approximate surface area is 106 Å². The van der Waals surface area contributed by atoms with Gasteiger partial charge in [0.1, 0.15) is 0 Å². The molecule has 0 aromatic heterocycles. The predicted molar refractivity (Wildman–Crippen MR) is 65.7 cm³/mol. The zero-order valence-corrected chi connectivity index (χ0v) is 10.1. The highest BCUT2D eigenvalue weighted by molar-refractivity contribution is 5.87. The predicted octanol–water partition coefficient (Wildman–Crippen LogP) is 1.34. The number of fused-ring (bicyclic) bond motifs is 2. The smallest absolute Gasteiger partial charge is 0.307 e. The van der Waals surface area contributed by atoms with Crippen molar-refractivity contribution >= 4 is 11.9 Å². The fourth-order valence-corrected chi connectivity index (χ4v) is 3.55. The van der Waals surface area contributed by atoms with Crippen molar-refractivity contribution in [1.82, 2.24) is 5.32 Å². The van der Waals surface area contributed by atoms with E-state index < -0.39 is 11.9 Å². The van der Waals surface area contributed by atoms with Gasteiger partial charge in [0.25, 0.3) is 0 Å². The van der Waals surface area contributed by atoms with E-state index in [1.165, 1.54) is 0 Å². The van der Waals surface area contributed by atoms with Crippen LogP contribution in [0, 0.1) is 23.7 Å². The molecule has 4 atom stereocenters. The van der Waals surface area contributed by atoms with E-state index in [4.69, 9.17) is 0 Å². The fraction of sp³-hybridized carbons (Fsp3) is 0.571. The molecule has 3 aliphatic carbocycles. The molecule has 2 N–H and O–H groups in total. The molecule has 0 spiro atoms. The summed E-state index contributed by atoms with van der Waals surface area (Å²) in [5.74, 6) is -1.66. The number of rotatable bonds is 3. The monoisotopic (exact) mass is 247 g/mol. The number of hydrogen-bond donors (Lipinski definition) is 2. The molecule has 1 amide bonds. The Morgan fingerprint density at radius 1 is 1.06 bits per heavy atom. The zero-order valence-electron chi connectivity index (χ0n) is 10.1. The molecular weight excluding hydrogens is 230 g/mol. The second-order valence-electron chi connectivity index (χ2n) is 5.49. The molecule has 0 aliphatic heterocycles. The number of hydrogen-bond acceptors (Lipinski definition) is 2. The number of allylic oxidation sites excluding steroid dienone is 2. The van der Waals surface area contributed by atoms with E-state index in [1.54, 1.807) is 0 Å². The quantitative estimate of drug-likeness (QED) is 0.740. The lowest BCUT2D eigenvalue weighted by Crippen LogP contribution is -2.43. The number of aliphatic carboxylic acids is 1. The molecule has 1 saturated carbocycles. The van der Waals surface area contributed by atoms with Crippen LogP contribution in [-0.4, -0.2) is 23.0 Å². The first-order chi connectivity index (χ1) is 8.66. The summed E-state index contributed by atoms with van der Waals surface area (Å²) in [6, 6.07) is 0.162. The molecule has 3 rings (SSSR count). The van der Waals surface area contributed by atoms with Gasteiger partial charge in [-0.3, -0.25) is 9.59 Å². The molecule has 0 aromatic rings. The van der Waals surface area contributed by atoms with Gasteiger partial charge in [-0.05, 0) is 31.1 Å². The summed E-state index contributed by atoms with van der Waals surface area (Å²) in [5, 5.41) is 12.3. The lowest BCUT2D eigenvalue weighted by molar-refractivity contribution is -0.148. The van der Waals surface area contributed by atoms with Gasteiger partial charge in [-0.2, -0.15) is 0 Å². The van der Waals surface area contributed by atoms with Gasteiger partial charge in [-0.1, -0.05) is 24.3 Å². The molecule has 0 aromatic carbocycles. The Morgan fingerprint density at radius 3 is 2.28 bits per heavy atom. The van der Waals surface area contributed by atoms with Gasteiger partial charge in [0.2, 0.25) is 5.91 Å². The van der Waals surface area contributed by atoms with E-state index in [1.807, 2.05) is 12.2 Å². The van der Waals surface area contributed by atoms with Crippen molar-refractivity contribution in [2.75, 3.05) is 0 Å². The van der Waals surface area contributed by atoms with Crippen molar-refractivity contribution in [3.05, 3.63) is 24.3 Å². The van der Waals surface area contributed by atoms with Gasteiger partial charge in [0.05, 0.1) is 11.8 Å². The molecule has 4 heteroatoms. The highest BCUT2D eigenvalue weighted by atomic mass is 16.4. The van der Waals surface area contributed by atoms with Gasteiger partial charge in [0.15, 0.2) is 0 Å². The summed E-state index contributed by atoms with van der Waals surface area (Å²) in [6.45, 7) is 0. The summed E-state index contributed by atoms with van der Waals surface area (Å²) >= 11 is 0. The Balaban J connectivity index is 1.72. The number of nitrogens with one attached hydrogen (secondary N) is 1. The highest BCUT2D eigenvalue weighted by Crippen LogP contribution is 2.48. The normalized spacial score (nSPS) is 37.3. The molecule has 2 unspecified atom stereocenters. The van der Waals surface area contributed by atoms with Crippen LogP contribution >= 0.6 is 0 Å². The summed E-state index contributed by atoms with van der Waals surface area (Å²) in [4.78, 5) is 23.6. The third kappa shape index (κ3) is 1.76. The largest absolute Gasteiger partial charge is 0.481 e. The third-order valence-corrected chi connectivity index (χ3v) is 4.40. The Hall–Kier alpha value is -1.58. The Kier molecular flexibility index (Phi) is 2.73. The van der Waals surface area contributed by atoms with Crippen LogP contribution < -0.4 is 5.32 Å². The van der Waals surface area contributed by atoms with Gasteiger partial charge in [-0.25, -0.2) is 0 Å². The highest BCUT2D eigenvalue weighted by Gasteiger charge is 2.51. The van der Waals surface area contributed by atoms with Crippen LogP contribution in [0.3, 0.4) is 0 Å². The number of carbonyl (C=O) groups is 2. The van der Waals surface area contributed by atoms with Crippen molar-refractivity contribution in [3.8, 4) is 0 Å². The second kappa shape index (κ2) is 4.26. The number of carboxylic acid groups (broad SMARTS) is 1. The van der Waals surface area contributed by atoms with Crippen LogP contribution in [0.15, 0.2) is 24.3 Å². The SMILES string of the molecule is O=C(O)[C@@H]1C2C=CC(C2)[C@@H]1C(=O)NC1CC=CC1. The second-order valence-corrected chi connectivity index (χ2v) is 5.49. The van der Waals surface area contributed by atoms with Crippen LogP contribution in [0.5, 0.6) is 0 Å². The minimum atomic E-state index is -0.837. The van der Waals surface area contributed by atoms with Crippen molar-refractivity contribution in [3.63, 3.8) is 0 Å². The number of carbonyl (C=O) groups excluding carboxylic acids is 1. The van der Waals surface area contributed by atoms with Crippen molar-refractivity contribution in [1.29, 1.82) is 0 Å². The van der Waals surface area contributed by atoms with E-state index >= 15 is 0 Å². The summed E-state index contributed by atoms with van der Waals surface area (Å²) in [6.07, 6.45) is 10.6. The molecule has 18 heavy (non-hydrogen) atoms. The van der Waals surface area contributed by atoms with Crippen LogP contribution in [0.1, 0.15) is 19.3 Å². The molecule has 0 heterocycles. The number of carboxylic acids is 1. The molecule has 1 fully saturated rings. The molecule has 0 saturated heterocycles. The summed E-state index contributed by atoms with van der Waals surface area (Å²) < 4.78 is 0. The molecule has 96 valence electrons. The van der Waals surface area contributed by atoms with Gasteiger partial charge in [0, 0.05) is 6.04 Å². The minimum absolute atomic E-state index is 0.0463. The van der Waals surface area contributed by atoms with Gasteiger partial charge >= 0.3 is 5.97 Å². The maximum atomic E-state index is 12.3. The van der Waals surface area contributed by atoms with Crippen LogP contribution in [0.25, 0.3) is 0 Å². The summed E-state index contributed by atoms with van der Waals surface area (Å²) in [5.41, 5.74) is 0. The Morgan fingerprint density at radius 2 is 1.67 bits per heavy atom. The fourth-order valence-electron chi connectivity index (χ4n) is 3.55. The lowest BCUT2D eigenvalue weighted by atomic mass is 9.82. The van der Waals surface area contributed by atoms with Crippen molar-refractivity contribution in [2.24, 2.45) is 23.7 Å². The average Bonchev–Trinajstić information content (AvgIpc) is 3.03. The van der Waals surface area contributed by atoms with E-state index in [-0.39, 0.29) is 29.7 Å². The van der Waals surface area contributed by atoms with Crippen molar-refractivity contribution < 1.29 is 14.7 Å². The maximum absolute atomic E-state index is 12.3. The van der Waals surface area contributed by atoms with Gasteiger partial charge in [-0.15, -0.1) is 0 Å². The van der Waals surface area contributed by atoms with E-state index in [0.29, 0.717) is 0 Å².